The molecular weight excluding hydrogens is 376 g/mol. The molecule has 0 atom stereocenters. The summed E-state index contributed by atoms with van der Waals surface area (Å²) in [6.07, 6.45) is 12.8. The van der Waals surface area contributed by atoms with E-state index in [0.717, 1.165) is 35.8 Å². The number of halogens is 1. The number of hydrogen-bond acceptors (Lipinski definition) is 4. The molecule has 0 spiro atoms. The van der Waals surface area contributed by atoms with Crippen LogP contribution in [0.2, 0.25) is 0 Å². The summed E-state index contributed by atoms with van der Waals surface area (Å²) < 4.78 is 0.927. The van der Waals surface area contributed by atoms with E-state index in [1.54, 1.807) is 12.4 Å². The van der Waals surface area contributed by atoms with E-state index in [9.17, 15) is 0 Å². The number of piperidine rings is 1. The van der Waals surface area contributed by atoms with Gasteiger partial charge in [-0.05, 0) is 80.0 Å². The van der Waals surface area contributed by atoms with Gasteiger partial charge in [0.2, 0.25) is 0 Å². The quantitative estimate of drug-likeness (QED) is 0.760. The summed E-state index contributed by atoms with van der Waals surface area (Å²) in [5, 5.41) is 3.51. The Bertz CT molecular complexity index is 564. The fourth-order valence-corrected chi connectivity index (χ4v) is 3.95. The Morgan fingerprint density at radius 3 is 2.52 bits per heavy atom. The lowest BCUT2D eigenvalue weighted by atomic mass is 9.82. The number of rotatable bonds is 5. The van der Waals surface area contributed by atoms with Crippen molar-refractivity contribution in [2.75, 3.05) is 26.2 Å². The van der Waals surface area contributed by atoms with Gasteiger partial charge >= 0.3 is 0 Å². The minimum atomic E-state index is 0.621. The van der Waals surface area contributed by atoms with Crippen LogP contribution in [0.15, 0.2) is 16.9 Å². The lowest BCUT2D eigenvalue weighted by Gasteiger charge is -2.26. The molecule has 0 unspecified atom stereocenters. The van der Waals surface area contributed by atoms with Crippen molar-refractivity contribution in [1.82, 2.24) is 20.2 Å². The Balaban J connectivity index is 1.30. The Kier molecular flexibility index (Phi) is 7.72. The third-order valence-corrected chi connectivity index (χ3v) is 5.70. The second-order valence-corrected chi connectivity index (χ2v) is 8.24. The summed E-state index contributed by atoms with van der Waals surface area (Å²) in [5.74, 6) is 9.25. The van der Waals surface area contributed by atoms with Crippen molar-refractivity contribution in [1.29, 1.82) is 0 Å². The largest absolute Gasteiger partial charge is 0.310 e. The van der Waals surface area contributed by atoms with Crippen molar-refractivity contribution in [3.63, 3.8) is 0 Å². The highest BCUT2D eigenvalue weighted by Crippen LogP contribution is 2.27. The molecule has 0 amide bonds. The first-order valence-electron chi connectivity index (χ1n) is 9.67. The van der Waals surface area contributed by atoms with E-state index >= 15 is 0 Å². The first-order valence-corrected chi connectivity index (χ1v) is 10.5. The van der Waals surface area contributed by atoms with Gasteiger partial charge in [-0.15, -0.1) is 0 Å². The monoisotopic (exact) mass is 404 g/mol. The van der Waals surface area contributed by atoms with Crippen LogP contribution >= 0.6 is 15.9 Å². The molecule has 5 heteroatoms. The average molecular weight is 405 g/mol. The summed E-state index contributed by atoms with van der Waals surface area (Å²) in [4.78, 5) is 11.1. The molecule has 1 saturated carbocycles. The molecule has 136 valence electrons. The lowest BCUT2D eigenvalue weighted by Crippen LogP contribution is -2.30. The zero-order valence-electron chi connectivity index (χ0n) is 15.0. The molecule has 1 aliphatic carbocycles. The summed E-state index contributed by atoms with van der Waals surface area (Å²) in [7, 11) is 0. The third kappa shape index (κ3) is 6.69. The van der Waals surface area contributed by atoms with E-state index in [-0.39, 0.29) is 0 Å². The second kappa shape index (κ2) is 10.3. The molecule has 1 aromatic heterocycles. The predicted octanol–water partition coefficient (Wildman–Crippen LogP) is 3.62. The van der Waals surface area contributed by atoms with E-state index in [0.29, 0.717) is 5.92 Å². The van der Waals surface area contributed by atoms with Crippen molar-refractivity contribution in [3.05, 3.63) is 22.7 Å². The third-order valence-electron chi connectivity index (χ3n) is 5.29. The van der Waals surface area contributed by atoms with Crippen LogP contribution in [0.25, 0.3) is 0 Å². The van der Waals surface area contributed by atoms with Gasteiger partial charge in [0, 0.05) is 18.3 Å². The number of hydrogen-bond donors (Lipinski definition) is 1. The van der Waals surface area contributed by atoms with E-state index in [4.69, 9.17) is 0 Å². The number of likely N-dealkylation sites (tertiary alicyclic amines) is 1. The number of nitrogens with one attached hydrogen (secondary N) is 1. The van der Waals surface area contributed by atoms with Gasteiger partial charge < -0.3 is 5.32 Å². The van der Waals surface area contributed by atoms with Gasteiger partial charge in [0.15, 0.2) is 0 Å². The fourth-order valence-electron chi connectivity index (χ4n) is 3.75. The van der Waals surface area contributed by atoms with Crippen LogP contribution in [-0.4, -0.2) is 41.0 Å². The molecule has 1 saturated heterocycles. The fraction of sp³-hybridized carbons (Fsp3) is 0.700. The van der Waals surface area contributed by atoms with E-state index in [1.807, 2.05) is 0 Å². The van der Waals surface area contributed by atoms with Crippen LogP contribution in [0.5, 0.6) is 0 Å². The summed E-state index contributed by atoms with van der Waals surface area (Å²) in [6, 6.07) is 0. The van der Waals surface area contributed by atoms with E-state index < -0.39 is 0 Å². The Morgan fingerprint density at radius 2 is 1.80 bits per heavy atom. The SMILES string of the molecule is Brc1cnc(CNCC2CCC(C#CCN3CCCCC3)CC2)nc1. The van der Waals surface area contributed by atoms with Crippen molar-refractivity contribution < 1.29 is 0 Å². The maximum absolute atomic E-state index is 4.30. The van der Waals surface area contributed by atoms with Crippen molar-refractivity contribution in [2.24, 2.45) is 11.8 Å². The molecule has 0 bridgehead atoms. The molecule has 2 fully saturated rings. The molecule has 0 radical (unpaired) electrons. The van der Waals surface area contributed by atoms with Gasteiger partial charge in [0.25, 0.3) is 0 Å². The molecule has 1 N–H and O–H groups in total. The Labute approximate surface area is 160 Å². The van der Waals surface area contributed by atoms with Crippen LogP contribution in [0.3, 0.4) is 0 Å². The molecule has 25 heavy (non-hydrogen) atoms. The molecule has 1 aromatic rings. The first-order chi connectivity index (χ1) is 12.3. The van der Waals surface area contributed by atoms with E-state index in [2.05, 4.69) is 48.0 Å². The smallest absolute Gasteiger partial charge is 0.142 e. The van der Waals surface area contributed by atoms with Crippen molar-refractivity contribution in [2.45, 2.75) is 51.5 Å². The number of nitrogens with zero attached hydrogens (tertiary/aromatic N) is 3. The Morgan fingerprint density at radius 1 is 1.08 bits per heavy atom. The highest BCUT2D eigenvalue weighted by atomic mass is 79.9. The first kappa shape index (κ1) is 18.8. The molecular formula is C20H29BrN4. The molecule has 2 aliphatic rings. The summed E-state index contributed by atoms with van der Waals surface area (Å²) in [5.41, 5.74) is 0. The molecule has 1 aliphatic heterocycles. The second-order valence-electron chi connectivity index (χ2n) is 7.32. The van der Waals surface area contributed by atoms with E-state index in [1.165, 1.54) is 58.0 Å². The molecule has 0 aromatic carbocycles. The van der Waals surface area contributed by atoms with Crippen LogP contribution in [0, 0.1) is 23.7 Å². The normalized spacial score (nSPS) is 24.5. The highest BCUT2D eigenvalue weighted by Gasteiger charge is 2.19. The highest BCUT2D eigenvalue weighted by molar-refractivity contribution is 9.10. The van der Waals surface area contributed by atoms with Crippen LogP contribution in [-0.2, 0) is 6.54 Å². The van der Waals surface area contributed by atoms with Crippen molar-refractivity contribution in [3.8, 4) is 11.8 Å². The van der Waals surface area contributed by atoms with Gasteiger partial charge in [0.1, 0.15) is 5.82 Å². The zero-order chi connectivity index (χ0) is 17.3. The predicted molar refractivity (Wildman–Crippen MR) is 105 cm³/mol. The van der Waals surface area contributed by atoms with Crippen molar-refractivity contribution >= 4 is 15.9 Å². The standard InChI is InChI=1S/C20H29BrN4/c21-19-14-23-20(24-15-19)16-22-13-18-8-6-17(7-9-18)5-4-12-25-10-2-1-3-11-25/h14-15,17-18,22H,1-3,6-13,16H2. The zero-order valence-corrected chi connectivity index (χ0v) is 16.6. The minimum absolute atomic E-state index is 0.621. The molecule has 2 heterocycles. The lowest BCUT2D eigenvalue weighted by molar-refractivity contribution is 0.254. The Hall–Kier alpha value is -0.960. The van der Waals surface area contributed by atoms with Crippen LogP contribution < -0.4 is 5.32 Å². The van der Waals surface area contributed by atoms with Crippen LogP contribution in [0.1, 0.15) is 50.8 Å². The summed E-state index contributed by atoms with van der Waals surface area (Å²) >= 11 is 3.36. The average Bonchev–Trinajstić information content (AvgIpc) is 2.66. The topological polar surface area (TPSA) is 41.1 Å². The molecule has 4 nitrogen and oxygen atoms in total. The summed E-state index contributed by atoms with van der Waals surface area (Å²) in [6.45, 7) is 5.29. The van der Waals surface area contributed by atoms with Crippen LogP contribution in [0.4, 0.5) is 0 Å². The van der Waals surface area contributed by atoms with Gasteiger partial charge in [0.05, 0.1) is 17.6 Å². The maximum atomic E-state index is 4.30. The molecule has 3 rings (SSSR count). The van der Waals surface area contributed by atoms with Gasteiger partial charge in [-0.25, -0.2) is 9.97 Å². The number of aromatic nitrogens is 2. The van der Waals surface area contributed by atoms with Gasteiger partial charge in [-0.3, -0.25) is 4.90 Å². The maximum Gasteiger partial charge on any atom is 0.142 e. The van der Waals surface area contributed by atoms with Gasteiger partial charge in [-0.2, -0.15) is 0 Å². The van der Waals surface area contributed by atoms with Gasteiger partial charge in [-0.1, -0.05) is 18.3 Å². The minimum Gasteiger partial charge on any atom is -0.310 e.